The molecule has 0 N–H and O–H groups in total. The standard InChI is InChI=1S/C30H31ClN2O2S/c1-3-6-23-11-15-27(16-12-23)36(34,35)32-19-17-25(18-20-32)30-22(2)33(29-8-5-4-7-28(29)30)21-24-9-13-26(31)14-10-24/h4-5,7-17H,3,6,18-21H2,1-2H3. The van der Waals surface area contributed by atoms with Crippen molar-refractivity contribution in [2.45, 2.75) is 44.6 Å². The summed E-state index contributed by atoms with van der Waals surface area (Å²) in [4.78, 5) is 0.370. The van der Waals surface area contributed by atoms with Gasteiger partial charge in [0.15, 0.2) is 0 Å². The van der Waals surface area contributed by atoms with Gasteiger partial charge in [-0.2, -0.15) is 4.31 Å². The Labute approximate surface area is 218 Å². The summed E-state index contributed by atoms with van der Waals surface area (Å²) < 4.78 is 30.5. The van der Waals surface area contributed by atoms with Gasteiger partial charge in [0.05, 0.1) is 4.90 Å². The van der Waals surface area contributed by atoms with Crippen LogP contribution in [0.2, 0.25) is 5.02 Å². The highest BCUT2D eigenvalue weighted by molar-refractivity contribution is 7.89. The molecule has 0 amide bonds. The molecule has 4 aromatic rings. The first kappa shape index (κ1) is 24.8. The number of halogens is 1. The summed E-state index contributed by atoms with van der Waals surface area (Å²) in [7, 11) is -3.52. The van der Waals surface area contributed by atoms with E-state index in [1.54, 1.807) is 16.4 Å². The number of aryl methyl sites for hydroxylation is 1. The third kappa shape index (κ3) is 4.75. The van der Waals surface area contributed by atoms with Crippen LogP contribution in [0.5, 0.6) is 0 Å². The van der Waals surface area contributed by atoms with Crippen molar-refractivity contribution in [1.29, 1.82) is 0 Å². The minimum Gasteiger partial charge on any atom is -0.340 e. The Kier molecular flexibility index (Phi) is 7.07. The van der Waals surface area contributed by atoms with Gasteiger partial charge >= 0.3 is 0 Å². The first-order chi connectivity index (χ1) is 17.4. The summed E-state index contributed by atoms with van der Waals surface area (Å²) in [5.74, 6) is 0. The molecule has 0 aliphatic carbocycles. The van der Waals surface area contributed by atoms with Gasteiger partial charge in [0, 0.05) is 46.8 Å². The van der Waals surface area contributed by atoms with Crippen LogP contribution >= 0.6 is 11.6 Å². The van der Waals surface area contributed by atoms with Gasteiger partial charge in [-0.1, -0.05) is 73.5 Å². The molecule has 2 heterocycles. The molecular formula is C30H31ClN2O2S. The van der Waals surface area contributed by atoms with Crippen LogP contribution in [0.1, 0.15) is 42.1 Å². The van der Waals surface area contributed by atoms with E-state index < -0.39 is 10.0 Å². The minimum atomic E-state index is -3.52. The molecule has 5 rings (SSSR count). The zero-order chi connectivity index (χ0) is 25.3. The number of benzene rings is 3. The van der Waals surface area contributed by atoms with Crippen molar-refractivity contribution in [3.8, 4) is 0 Å². The maximum atomic E-state index is 13.3. The number of rotatable bonds is 7. The molecule has 186 valence electrons. The van der Waals surface area contributed by atoms with Crippen LogP contribution < -0.4 is 0 Å². The SMILES string of the molecule is CCCc1ccc(S(=O)(=O)N2CC=C(c3c(C)n(Cc4ccc(Cl)cc4)c4ccccc34)CC2)cc1. The van der Waals surface area contributed by atoms with Gasteiger partial charge in [-0.15, -0.1) is 0 Å². The molecule has 0 spiro atoms. The lowest BCUT2D eigenvalue weighted by Gasteiger charge is -2.26. The molecule has 0 fully saturated rings. The van der Waals surface area contributed by atoms with Crippen LogP contribution in [0.3, 0.4) is 0 Å². The molecule has 0 radical (unpaired) electrons. The fraction of sp³-hybridized carbons (Fsp3) is 0.267. The zero-order valence-electron chi connectivity index (χ0n) is 20.7. The Hall–Kier alpha value is -2.86. The van der Waals surface area contributed by atoms with Crippen LogP contribution in [-0.2, 0) is 23.0 Å². The first-order valence-electron chi connectivity index (χ1n) is 12.5. The van der Waals surface area contributed by atoms with Gasteiger partial charge < -0.3 is 4.57 Å². The third-order valence-electron chi connectivity index (χ3n) is 7.08. The highest BCUT2D eigenvalue weighted by atomic mass is 35.5. The number of nitrogens with zero attached hydrogens (tertiary/aromatic N) is 2. The van der Waals surface area contributed by atoms with Gasteiger partial charge in [-0.3, -0.25) is 0 Å². The van der Waals surface area contributed by atoms with Crippen molar-refractivity contribution in [2.75, 3.05) is 13.1 Å². The van der Waals surface area contributed by atoms with E-state index in [1.165, 1.54) is 38.9 Å². The van der Waals surface area contributed by atoms with E-state index in [-0.39, 0.29) is 0 Å². The Morgan fingerprint density at radius 1 is 0.917 bits per heavy atom. The lowest BCUT2D eigenvalue weighted by Crippen LogP contribution is -2.34. The van der Waals surface area contributed by atoms with Crippen molar-refractivity contribution in [1.82, 2.24) is 8.87 Å². The van der Waals surface area contributed by atoms with Gasteiger partial charge in [-0.25, -0.2) is 8.42 Å². The largest absolute Gasteiger partial charge is 0.340 e. The normalized spacial score (nSPS) is 14.8. The lowest BCUT2D eigenvalue weighted by atomic mass is 9.97. The van der Waals surface area contributed by atoms with Crippen LogP contribution in [-0.4, -0.2) is 30.4 Å². The van der Waals surface area contributed by atoms with Gasteiger partial charge in [0.2, 0.25) is 10.0 Å². The summed E-state index contributed by atoms with van der Waals surface area (Å²) in [6.07, 6.45) is 4.78. The van der Waals surface area contributed by atoms with E-state index in [0.29, 0.717) is 24.4 Å². The van der Waals surface area contributed by atoms with E-state index in [4.69, 9.17) is 11.6 Å². The zero-order valence-corrected chi connectivity index (χ0v) is 22.3. The third-order valence-corrected chi connectivity index (χ3v) is 9.21. The van der Waals surface area contributed by atoms with Crippen molar-refractivity contribution in [3.63, 3.8) is 0 Å². The minimum absolute atomic E-state index is 0.370. The molecule has 0 saturated heterocycles. The average Bonchev–Trinajstić information content (AvgIpc) is 3.17. The van der Waals surface area contributed by atoms with E-state index in [1.807, 2.05) is 24.3 Å². The van der Waals surface area contributed by atoms with Crippen molar-refractivity contribution in [2.24, 2.45) is 0 Å². The van der Waals surface area contributed by atoms with Crippen LogP contribution in [0.25, 0.3) is 16.5 Å². The molecule has 6 heteroatoms. The Bertz CT molecular complexity index is 1520. The fourth-order valence-corrected chi connectivity index (χ4v) is 6.68. The molecule has 0 unspecified atom stereocenters. The van der Waals surface area contributed by atoms with E-state index in [9.17, 15) is 8.42 Å². The Morgan fingerprint density at radius 3 is 2.28 bits per heavy atom. The second kappa shape index (κ2) is 10.3. The Morgan fingerprint density at radius 2 is 1.61 bits per heavy atom. The molecule has 0 bridgehead atoms. The first-order valence-corrected chi connectivity index (χ1v) is 14.3. The summed E-state index contributed by atoms with van der Waals surface area (Å²) in [5.41, 5.74) is 7.17. The van der Waals surface area contributed by atoms with Crippen molar-refractivity contribution >= 4 is 38.1 Å². The van der Waals surface area contributed by atoms with E-state index in [0.717, 1.165) is 24.4 Å². The fourth-order valence-electron chi connectivity index (χ4n) is 5.17. The lowest BCUT2D eigenvalue weighted by molar-refractivity contribution is 0.441. The Balaban J connectivity index is 1.44. The number of hydrogen-bond acceptors (Lipinski definition) is 2. The molecule has 1 aliphatic heterocycles. The highest BCUT2D eigenvalue weighted by Gasteiger charge is 2.28. The summed E-state index contributed by atoms with van der Waals surface area (Å²) in [6, 6.07) is 23.8. The number of fused-ring (bicyclic) bond motifs is 1. The molecule has 1 aromatic heterocycles. The number of hydrogen-bond donors (Lipinski definition) is 0. The van der Waals surface area contributed by atoms with Crippen LogP contribution in [0.4, 0.5) is 0 Å². The smallest absolute Gasteiger partial charge is 0.243 e. The molecule has 1 aliphatic rings. The molecule has 4 nitrogen and oxygen atoms in total. The topological polar surface area (TPSA) is 42.3 Å². The predicted molar refractivity (Wildman–Crippen MR) is 149 cm³/mol. The molecule has 3 aromatic carbocycles. The van der Waals surface area contributed by atoms with Gasteiger partial charge in [0.1, 0.15) is 0 Å². The van der Waals surface area contributed by atoms with Crippen molar-refractivity contribution < 1.29 is 8.42 Å². The maximum Gasteiger partial charge on any atom is 0.243 e. The maximum absolute atomic E-state index is 13.3. The quantitative estimate of drug-likeness (QED) is 0.262. The van der Waals surface area contributed by atoms with E-state index >= 15 is 0 Å². The summed E-state index contributed by atoms with van der Waals surface area (Å²) >= 11 is 6.09. The molecule has 36 heavy (non-hydrogen) atoms. The van der Waals surface area contributed by atoms with Gasteiger partial charge in [-0.05, 0) is 66.8 Å². The second-order valence-electron chi connectivity index (χ2n) is 9.43. The highest BCUT2D eigenvalue weighted by Crippen LogP contribution is 2.36. The monoisotopic (exact) mass is 518 g/mol. The predicted octanol–water partition coefficient (Wildman–Crippen LogP) is 7.08. The number of para-hydroxylation sites is 1. The van der Waals surface area contributed by atoms with Gasteiger partial charge in [0.25, 0.3) is 0 Å². The second-order valence-corrected chi connectivity index (χ2v) is 11.8. The summed E-state index contributed by atoms with van der Waals surface area (Å²) in [5, 5.41) is 1.94. The molecule has 0 saturated carbocycles. The molecule has 0 atom stereocenters. The van der Waals surface area contributed by atoms with Crippen LogP contribution in [0, 0.1) is 6.92 Å². The number of aromatic nitrogens is 1. The average molecular weight is 519 g/mol. The molecular weight excluding hydrogens is 488 g/mol. The van der Waals surface area contributed by atoms with E-state index in [2.05, 4.69) is 60.9 Å². The van der Waals surface area contributed by atoms with Crippen molar-refractivity contribution in [3.05, 3.63) is 106 Å². The van der Waals surface area contributed by atoms with Crippen LogP contribution in [0.15, 0.2) is 83.8 Å². The summed E-state index contributed by atoms with van der Waals surface area (Å²) in [6.45, 7) is 5.89. The number of sulfonamides is 1.